The number of hydrogen-bond acceptors (Lipinski definition) is 3. The molecule has 2 aromatic rings. The Hall–Kier alpha value is -2.21. The molecule has 1 aromatic heterocycles. The predicted octanol–water partition coefficient (Wildman–Crippen LogP) is 2.59. The fraction of sp³-hybridized carbons (Fsp3) is 0.412. The van der Waals surface area contributed by atoms with Crippen LogP contribution in [0.15, 0.2) is 30.5 Å². The molecule has 122 valence electrons. The van der Waals surface area contributed by atoms with Crippen molar-refractivity contribution in [3.8, 4) is 0 Å². The zero-order chi connectivity index (χ0) is 16.4. The van der Waals surface area contributed by atoms with Crippen LogP contribution in [0.4, 0.5) is 4.39 Å². The van der Waals surface area contributed by atoms with Crippen LogP contribution in [0.2, 0.25) is 0 Å². The molecule has 1 N–H and O–H groups in total. The molecular weight excluding hydrogens is 295 g/mol. The monoisotopic (exact) mass is 316 g/mol. The summed E-state index contributed by atoms with van der Waals surface area (Å²) in [5, 5.41) is 7.04. The molecule has 1 aliphatic rings. The third-order valence-corrected chi connectivity index (χ3v) is 4.33. The standard InChI is InChI=1S/C17H21FN4O/c1-21(2)17(23)13-10-19-20-16(13)15-8-5-9-22(15)11-12-6-3-4-7-14(12)18/h3-4,6-7,10,15H,5,8-9,11H2,1-2H3,(H,19,20)/t15-/m1/s1. The van der Waals surface area contributed by atoms with Crippen LogP contribution < -0.4 is 0 Å². The maximum atomic E-state index is 13.9. The molecule has 0 bridgehead atoms. The van der Waals surface area contributed by atoms with Crippen LogP contribution in [0.25, 0.3) is 0 Å². The summed E-state index contributed by atoms with van der Waals surface area (Å²) in [7, 11) is 3.45. The molecule has 0 unspecified atom stereocenters. The van der Waals surface area contributed by atoms with Crippen molar-refractivity contribution in [1.82, 2.24) is 20.0 Å². The molecule has 1 amide bonds. The summed E-state index contributed by atoms with van der Waals surface area (Å²) in [5.74, 6) is -0.251. The fourth-order valence-electron chi connectivity index (χ4n) is 3.15. The molecule has 2 heterocycles. The second kappa shape index (κ2) is 6.50. The molecule has 5 nitrogen and oxygen atoms in total. The van der Waals surface area contributed by atoms with Gasteiger partial charge in [-0.1, -0.05) is 18.2 Å². The van der Waals surface area contributed by atoms with E-state index < -0.39 is 0 Å². The van der Waals surface area contributed by atoms with Crippen molar-refractivity contribution in [2.24, 2.45) is 0 Å². The van der Waals surface area contributed by atoms with Gasteiger partial charge in [-0.05, 0) is 25.5 Å². The minimum absolute atomic E-state index is 0.0634. The number of aromatic nitrogens is 2. The molecule has 1 atom stereocenters. The number of amides is 1. The van der Waals surface area contributed by atoms with E-state index in [4.69, 9.17) is 0 Å². The van der Waals surface area contributed by atoms with Crippen molar-refractivity contribution in [3.63, 3.8) is 0 Å². The van der Waals surface area contributed by atoms with Gasteiger partial charge in [0.1, 0.15) is 5.82 Å². The SMILES string of the molecule is CN(C)C(=O)c1cn[nH]c1[C@H]1CCCN1Cc1ccccc1F. The van der Waals surface area contributed by atoms with Gasteiger partial charge >= 0.3 is 0 Å². The quantitative estimate of drug-likeness (QED) is 0.943. The normalized spacial score (nSPS) is 18.3. The van der Waals surface area contributed by atoms with E-state index in [1.165, 1.54) is 6.07 Å². The predicted molar refractivity (Wildman–Crippen MR) is 85.4 cm³/mol. The lowest BCUT2D eigenvalue weighted by molar-refractivity contribution is 0.0824. The number of hydrogen-bond donors (Lipinski definition) is 1. The van der Waals surface area contributed by atoms with E-state index in [1.807, 2.05) is 12.1 Å². The molecule has 6 heteroatoms. The van der Waals surface area contributed by atoms with Crippen LogP contribution in [0.5, 0.6) is 0 Å². The summed E-state index contributed by atoms with van der Waals surface area (Å²) >= 11 is 0. The Balaban J connectivity index is 1.84. The van der Waals surface area contributed by atoms with Crippen LogP contribution in [-0.2, 0) is 6.54 Å². The lowest BCUT2D eigenvalue weighted by atomic mass is 10.1. The number of H-pyrrole nitrogens is 1. The van der Waals surface area contributed by atoms with Gasteiger partial charge in [0.15, 0.2) is 0 Å². The summed E-state index contributed by atoms with van der Waals surface area (Å²) in [6.07, 6.45) is 3.54. The van der Waals surface area contributed by atoms with Crippen molar-refractivity contribution in [2.75, 3.05) is 20.6 Å². The van der Waals surface area contributed by atoms with E-state index in [9.17, 15) is 9.18 Å². The number of nitrogens with zero attached hydrogens (tertiary/aromatic N) is 3. The Morgan fingerprint density at radius 2 is 2.22 bits per heavy atom. The zero-order valence-corrected chi connectivity index (χ0v) is 13.4. The summed E-state index contributed by atoms with van der Waals surface area (Å²) in [6, 6.07) is 6.90. The summed E-state index contributed by atoms with van der Waals surface area (Å²) in [5.41, 5.74) is 2.11. The molecule has 1 aromatic carbocycles. The van der Waals surface area contributed by atoms with Gasteiger partial charge in [0.25, 0.3) is 5.91 Å². The minimum atomic E-state index is -0.188. The Morgan fingerprint density at radius 3 is 2.96 bits per heavy atom. The number of halogens is 1. The number of likely N-dealkylation sites (tertiary alicyclic amines) is 1. The molecule has 0 aliphatic carbocycles. The van der Waals surface area contributed by atoms with E-state index in [0.717, 1.165) is 25.1 Å². The molecule has 1 aliphatic heterocycles. The summed E-state index contributed by atoms with van der Waals surface area (Å²) in [4.78, 5) is 16.0. The number of benzene rings is 1. The first-order valence-electron chi connectivity index (χ1n) is 7.80. The highest BCUT2D eigenvalue weighted by atomic mass is 19.1. The highest BCUT2D eigenvalue weighted by molar-refractivity contribution is 5.94. The lowest BCUT2D eigenvalue weighted by Gasteiger charge is -2.25. The van der Waals surface area contributed by atoms with Gasteiger partial charge in [0, 0.05) is 26.2 Å². The Kier molecular flexibility index (Phi) is 4.43. The largest absolute Gasteiger partial charge is 0.345 e. The molecule has 3 rings (SSSR count). The second-order valence-electron chi connectivity index (χ2n) is 6.12. The molecule has 1 saturated heterocycles. The Bertz CT molecular complexity index is 697. The molecule has 1 fully saturated rings. The lowest BCUT2D eigenvalue weighted by Crippen LogP contribution is -2.27. The van der Waals surface area contributed by atoms with E-state index in [2.05, 4.69) is 15.1 Å². The number of carbonyl (C=O) groups is 1. The van der Waals surface area contributed by atoms with Gasteiger partial charge in [-0.15, -0.1) is 0 Å². The van der Waals surface area contributed by atoms with Crippen molar-refractivity contribution in [1.29, 1.82) is 0 Å². The molecule has 0 saturated carbocycles. The highest BCUT2D eigenvalue weighted by Gasteiger charge is 2.31. The molecule has 0 radical (unpaired) electrons. The maximum absolute atomic E-state index is 13.9. The Morgan fingerprint density at radius 1 is 1.43 bits per heavy atom. The van der Waals surface area contributed by atoms with Crippen LogP contribution in [0, 0.1) is 5.82 Å². The van der Waals surface area contributed by atoms with Crippen LogP contribution in [0.3, 0.4) is 0 Å². The third kappa shape index (κ3) is 3.12. The smallest absolute Gasteiger partial charge is 0.256 e. The van der Waals surface area contributed by atoms with Crippen molar-refractivity contribution in [3.05, 3.63) is 53.1 Å². The fourth-order valence-corrected chi connectivity index (χ4v) is 3.15. The van der Waals surface area contributed by atoms with Crippen molar-refractivity contribution >= 4 is 5.91 Å². The van der Waals surface area contributed by atoms with E-state index in [-0.39, 0.29) is 17.8 Å². The summed E-state index contributed by atoms with van der Waals surface area (Å²) in [6.45, 7) is 1.42. The maximum Gasteiger partial charge on any atom is 0.256 e. The first kappa shape index (κ1) is 15.7. The van der Waals surface area contributed by atoms with E-state index in [1.54, 1.807) is 31.3 Å². The van der Waals surface area contributed by atoms with Crippen molar-refractivity contribution in [2.45, 2.75) is 25.4 Å². The highest BCUT2D eigenvalue weighted by Crippen LogP contribution is 2.34. The van der Waals surface area contributed by atoms with Gasteiger partial charge in [0.05, 0.1) is 23.5 Å². The van der Waals surface area contributed by atoms with Crippen LogP contribution in [-0.4, -0.2) is 46.5 Å². The minimum Gasteiger partial charge on any atom is -0.345 e. The average Bonchev–Trinajstić information content (AvgIpc) is 3.17. The van der Waals surface area contributed by atoms with Gasteiger partial charge < -0.3 is 4.90 Å². The second-order valence-corrected chi connectivity index (χ2v) is 6.12. The molecular formula is C17H21FN4O. The van der Waals surface area contributed by atoms with E-state index >= 15 is 0 Å². The van der Waals surface area contributed by atoms with Gasteiger partial charge in [0.2, 0.25) is 0 Å². The average molecular weight is 316 g/mol. The Labute approximate surface area is 135 Å². The first-order valence-corrected chi connectivity index (χ1v) is 7.80. The first-order chi connectivity index (χ1) is 11.1. The van der Waals surface area contributed by atoms with Gasteiger partial charge in [-0.25, -0.2) is 4.39 Å². The topological polar surface area (TPSA) is 52.2 Å². The molecule has 0 spiro atoms. The van der Waals surface area contributed by atoms with Gasteiger partial charge in [-0.3, -0.25) is 14.8 Å². The van der Waals surface area contributed by atoms with Gasteiger partial charge in [-0.2, -0.15) is 5.10 Å². The number of nitrogens with one attached hydrogen (secondary N) is 1. The van der Waals surface area contributed by atoms with Crippen LogP contribution >= 0.6 is 0 Å². The van der Waals surface area contributed by atoms with Crippen molar-refractivity contribution < 1.29 is 9.18 Å². The van der Waals surface area contributed by atoms with E-state index in [0.29, 0.717) is 17.7 Å². The third-order valence-electron chi connectivity index (χ3n) is 4.33. The van der Waals surface area contributed by atoms with Crippen LogP contribution in [0.1, 0.15) is 40.5 Å². The summed E-state index contributed by atoms with van der Waals surface area (Å²) < 4.78 is 13.9. The number of rotatable bonds is 4. The molecule has 23 heavy (non-hydrogen) atoms. The number of carbonyl (C=O) groups excluding carboxylic acids is 1. The number of aromatic amines is 1. The zero-order valence-electron chi connectivity index (χ0n) is 13.4.